The van der Waals surface area contributed by atoms with Crippen LogP contribution >= 0.6 is 0 Å². The normalized spacial score (nSPS) is 14.1. The van der Waals surface area contributed by atoms with E-state index in [1.165, 1.54) is 12.3 Å². The highest BCUT2D eigenvalue weighted by atomic mass is 16.5. The molecule has 0 aliphatic carbocycles. The van der Waals surface area contributed by atoms with Gasteiger partial charge in [0.1, 0.15) is 0 Å². The second-order valence-corrected chi connectivity index (χ2v) is 5.17. The third kappa shape index (κ3) is 3.31. The molecule has 1 aromatic carbocycles. The highest BCUT2D eigenvalue weighted by molar-refractivity contribution is 6.00. The van der Waals surface area contributed by atoms with Crippen LogP contribution in [0.15, 0.2) is 47.1 Å². The first-order chi connectivity index (χ1) is 11.1. The van der Waals surface area contributed by atoms with Crippen molar-refractivity contribution in [2.24, 2.45) is 0 Å². The molecule has 1 saturated heterocycles. The number of benzene rings is 1. The van der Waals surface area contributed by atoms with Gasteiger partial charge in [-0.1, -0.05) is 0 Å². The number of esters is 1. The zero-order valence-corrected chi connectivity index (χ0v) is 12.4. The fourth-order valence-electron chi connectivity index (χ4n) is 2.43. The van der Waals surface area contributed by atoms with E-state index < -0.39 is 5.97 Å². The van der Waals surface area contributed by atoms with Crippen LogP contribution in [0.2, 0.25) is 0 Å². The molecule has 0 unspecified atom stereocenters. The number of carbonyl (C=O) groups excluding carboxylic acids is 3. The van der Waals surface area contributed by atoms with Gasteiger partial charge in [0.25, 0.3) is 0 Å². The summed E-state index contributed by atoms with van der Waals surface area (Å²) in [6.45, 7) is 0.342. The van der Waals surface area contributed by atoms with E-state index in [0.717, 1.165) is 12.1 Å². The molecular formula is C17H15NO5. The number of Topliss-reactive ketones (excluding diaryl/α,β-unsaturated/α-hetero) is 1. The summed E-state index contributed by atoms with van der Waals surface area (Å²) in [5, 5.41) is 0. The first kappa shape index (κ1) is 15.0. The second kappa shape index (κ2) is 6.48. The first-order valence-corrected chi connectivity index (χ1v) is 7.29. The largest absolute Gasteiger partial charge is 0.457 e. The number of hydrogen-bond donors (Lipinski definition) is 0. The van der Waals surface area contributed by atoms with Gasteiger partial charge in [0.15, 0.2) is 12.4 Å². The molecule has 1 fully saturated rings. The van der Waals surface area contributed by atoms with Crippen molar-refractivity contribution in [3.8, 4) is 0 Å². The summed E-state index contributed by atoms with van der Waals surface area (Å²) in [5.74, 6) is -0.844. The van der Waals surface area contributed by atoms with Gasteiger partial charge in [-0.05, 0) is 42.8 Å². The van der Waals surface area contributed by atoms with Crippen LogP contribution in [0.1, 0.15) is 33.8 Å². The predicted molar refractivity (Wildman–Crippen MR) is 81.4 cm³/mol. The van der Waals surface area contributed by atoms with Crippen molar-refractivity contribution in [1.82, 2.24) is 0 Å². The number of hydrogen-bond acceptors (Lipinski definition) is 5. The topological polar surface area (TPSA) is 76.8 Å². The van der Waals surface area contributed by atoms with Crippen LogP contribution in [0.4, 0.5) is 5.69 Å². The molecule has 1 aromatic heterocycles. The van der Waals surface area contributed by atoms with Gasteiger partial charge in [0, 0.05) is 24.2 Å². The van der Waals surface area contributed by atoms with Gasteiger partial charge in [-0.2, -0.15) is 0 Å². The van der Waals surface area contributed by atoms with Crippen molar-refractivity contribution in [2.45, 2.75) is 12.8 Å². The number of ether oxygens (including phenoxy) is 1. The smallest absolute Gasteiger partial charge is 0.374 e. The maximum absolute atomic E-state index is 12.0. The first-order valence-electron chi connectivity index (χ1n) is 7.29. The Morgan fingerprint density at radius 2 is 1.96 bits per heavy atom. The van der Waals surface area contributed by atoms with Crippen LogP contribution in [-0.2, 0) is 9.53 Å². The number of ketones is 1. The van der Waals surface area contributed by atoms with E-state index in [-0.39, 0.29) is 24.1 Å². The lowest BCUT2D eigenvalue weighted by Gasteiger charge is -2.15. The summed E-state index contributed by atoms with van der Waals surface area (Å²) in [5.41, 5.74) is 1.20. The molecule has 0 saturated carbocycles. The highest BCUT2D eigenvalue weighted by Gasteiger charge is 2.21. The van der Waals surface area contributed by atoms with Crippen molar-refractivity contribution in [1.29, 1.82) is 0 Å². The minimum absolute atomic E-state index is 0.0562. The molecule has 0 spiro atoms. The van der Waals surface area contributed by atoms with Gasteiger partial charge in [-0.3, -0.25) is 9.59 Å². The predicted octanol–water partition coefficient (Wildman–Crippen LogP) is 2.45. The molecule has 0 bridgehead atoms. The Balaban J connectivity index is 1.59. The van der Waals surface area contributed by atoms with Gasteiger partial charge < -0.3 is 14.1 Å². The maximum atomic E-state index is 12.0. The van der Waals surface area contributed by atoms with E-state index in [2.05, 4.69) is 0 Å². The molecule has 0 N–H and O–H groups in total. The van der Waals surface area contributed by atoms with Gasteiger partial charge in [0.05, 0.1) is 6.26 Å². The van der Waals surface area contributed by atoms with Crippen molar-refractivity contribution < 1.29 is 23.5 Å². The summed E-state index contributed by atoms with van der Waals surface area (Å²) < 4.78 is 9.80. The van der Waals surface area contributed by atoms with E-state index >= 15 is 0 Å². The Morgan fingerprint density at radius 3 is 2.57 bits per heavy atom. The molecule has 0 atom stereocenters. The average Bonchev–Trinajstić information content (AvgIpc) is 3.24. The molecule has 2 aromatic rings. The summed E-state index contributed by atoms with van der Waals surface area (Å²) in [7, 11) is 0. The standard InChI is InChI=1S/C17H15NO5/c19-14(11-23-17(21)15-3-2-10-22-15)12-5-7-13(8-6-12)18-9-1-4-16(18)20/h2-3,5-8,10H,1,4,9,11H2. The lowest BCUT2D eigenvalue weighted by atomic mass is 10.1. The molecule has 0 radical (unpaired) electrons. The molecule has 118 valence electrons. The fraction of sp³-hybridized carbons (Fsp3) is 0.235. The minimum atomic E-state index is -0.678. The zero-order valence-electron chi connectivity index (χ0n) is 12.4. The fourth-order valence-corrected chi connectivity index (χ4v) is 2.43. The summed E-state index contributed by atoms with van der Waals surface area (Å²) in [6.07, 6.45) is 2.77. The third-order valence-corrected chi connectivity index (χ3v) is 3.63. The number of amides is 1. The van der Waals surface area contributed by atoms with Gasteiger partial charge >= 0.3 is 5.97 Å². The van der Waals surface area contributed by atoms with Gasteiger partial charge in [-0.25, -0.2) is 4.79 Å². The third-order valence-electron chi connectivity index (χ3n) is 3.63. The van der Waals surface area contributed by atoms with Crippen molar-refractivity contribution in [3.63, 3.8) is 0 Å². The van der Waals surface area contributed by atoms with E-state index in [1.54, 1.807) is 35.2 Å². The van der Waals surface area contributed by atoms with E-state index in [4.69, 9.17) is 9.15 Å². The maximum Gasteiger partial charge on any atom is 0.374 e. The number of furan rings is 1. The monoisotopic (exact) mass is 313 g/mol. The van der Waals surface area contributed by atoms with Crippen molar-refractivity contribution in [2.75, 3.05) is 18.1 Å². The molecular weight excluding hydrogens is 298 g/mol. The van der Waals surface area contributed by atoms with Crippen LogP contribution in [0.5, 0.6) is 0 Å². The molecule has 1 amide bonds. The van der Waals surface area contributed by atoms with E-state index in [9.17, 15) is 14.4 Å². The minimum Gasteiger partial charge on any atom is -0.457 e. The Labute approximate surface area is 132 Å². The van der Waals surface area contributed by atoms with Crippen LogP contribution in [0.3, 0.4) is 0 Å². The average molecular weight is 313 g/mol. The molecule has 3 rings (SSSR count). The van der Waals surface area contributed by atoms with Crippen molar-refractivity contribution in [3.05, 3.63) is 54.0 Å². The van der Waals surface area contributed by atoms with E-state index in [0.29, 0.717) is 18.5 Å². The van der Waals surface area contributed by atoms with Gasteiger partial charge in [0.2, 0.25) is 11.7 Å². The van der Waals surface area contributed by atoms with Crippen LogP contribution in [-0.4, -0.2) is 30.8 Å². The van der Waals surface area contributed by atoms with Gasteiger partial charge in [-0.15, -0.1) is 0 Å². The Morgan fingerprint density at radius 1 is 1.17 bits per heavy atom. The Hall–Kier alpha value is -2.89. The quantitative estimate of drug-likeness (QED) is 0.626. The second-order valence-electron chi connectivity index (χ2n) is 5.17. The molecule has 6 heteroatoms. The molecule has 1 aliphatic heterocycles. The van der Waals surface area contributed by atoms with Crippen LogP contribution in [0, 0.1) is 0 Å². The molecule has 2 heterocycles. The zero-order chi connectivity index (χ0) is 16.2. The lowest BCUT2D eigenvalue weighted by molar-refractivity contribution is -0.117. The summed E-state index contributed by atoms with van der Waals surface area (Å²) in [6, 6.07) is 9.75. The van der Waals surface area contributed by atoms with Crippen LogP contribution < -0.4 is 4.90 Å². The number of carbonyl (C=O) groups is 3. The van der Waals surface area contributed by atoms with E-state index in [1.807, 2.05) is 0 Å². The molecule has 23 heavy (non-hydrogen) atoms. The molecule has 6 nitrogen and oxygen atoms in total. The number of nitrogens with zero attached hydrogens (tertiary/aromatic N) is 1. The number of anilines is 1. The Bertz CT molecular complexity index is 718. The Kier molecular flexibility index (Phi) is 4.23. The SMILES string of the molecule is O=C(COC(=O)c1ccco1)c1ccc(N2CCCC2=O)cc1. The van der Waals surface area contributed by atoms with Crippen molar-refractivity contribution >= 4 is 23.3 Å². The van der Waals surface area contributed by atoms with Crippen LogP contribution in [0.25, 0.3) is 0 Å². The highest BCUT2D eigenvalue weighted by Crippen LogP contribution is 2.21. The summed E-state index contributed by atoms with van der Waals surface area (Å²) >= 11 is 0. The number of rotatable bonds is 5. The summed E-state index contributed by atoms with van der Waals surface area (Å²) in [4.78, 5) is 37.0. The lowest BCUT2D eigenvalue weighted by Crippen LogP contribution is -2.23. The molecule has 1 aliphatic rings.